The van der Waals surface area contributed by atoms with Gasteiger partial charge in [-0.05, 0) is 38.3 Å². The van der Waals surface area contributed by atoms with E-state index in [9.17, 15) is 4.79 Å². The summed E-state index contributed by atoms with van der Waals surface area (Å²) in [6.45, 7) is 2.51. The second-order valence-corrected chi connectivity index (χ2v) is 7.36. The lowest BCUT2D eigenvalue weighted by Crippen LogP contribution is -2.35. The number of rotatable bonds is 6. The molecule has 1 unspecified atom stereocenters. The predicted molar refractivity (Wildman–Crippen MR) is 105 cm³/mol. The summed E-state index contributed by atoms with van der Waals surface area (Å²) in [6, 6.07) is 9.55. The number of hydrogen-bond donors (Lipinski definition) is 0. The van der Waals surface area contributed by atoms with Crippen LogP contribution in [0.15, 0.2) is 39.4 Å². The zero-order valence-electron chi connectivity index (χ0n) is 16.6. The standard InChI is InChI=1S/C21H25N5O3/c1-15-22-18(28-24-15)12-8-13-19(27)26-14-7-3-6-11-17(26)20-23-21(29-25-20)16-9-4-2-5-10-16/h2,4-5,9-10,17H,3,6-8,11-14H2,1H3. The van der Waals surface area contributed by atoms with Crippen molar-refractivity contribution < 1.29 is 13.8 Å². The third-order valence-corrected chi connectivity index (χ3v) is 5.18. The third-order valence-electron chi connectivity index (χ3n) is 5.18. The predicted octanol–water partition coefficient (Wildman–Crippen LogP) is 3.89. The molecule has 1 atom stereocenters. The minimum absolute atomic E-state index is 0.110. The summed E-state index contributed by atoms with van der Waals surface area (Å²) in [5.41, 5.74) is 0.882. The topological polar surface area (TPSA) is 98.2 Å². The average molecular weight is 395 g/mol. The minimum atomic E-state index is -0.142. The molecule has 0 aliphatic carbocycles. The molecular formula is C21H25N5O3. The van der Waals surface area contributed by atoms with Gasteiger partial charge in [0, 0.05) is 24.9 Å². The van der Waals surface area contributed by atoms with Gasteiger partial charge in [0.1, 0.15) is 0 Å². The van der Waals surface area contributed by atoms with Crippen molar-refractivity contribution in [2.45, 2.75) is 57.9 Å². The van der Waals surface area contributed by atoms with E-state index in [1.807, 2.05) is 35.2 Å². The number of hydrogen-bond acceptors (Lipinski definition) is 7. The Morgan fingerprint density at radius 3 is 2.76 bits per heavy atom. The number of likely N-dealkylation sites (tertiary alicyclic amines) is 1. The maximum atomic E-state index is 13.0. The van der Waals surface area contributed by atoms with Crippen molar-refractivity contribution in [3.05, 3.63) is 47.9 Å². The number of benzene rings is 1. The highest BCUT2D eigenvalue weighted by Gasteiger charge is 2.30. The molecule has 1 saturated heterocycles. The zero-order chi connectivity index (χ0) is 20.1. The molecule has 3 aromatic rings. The van der Waals surface area contributed by atoms with Crippen LogP contribution < -0.4 is 0 Å². The van der Waals surface area contributed by atoms with Crippen LogP contribution in [-0.2, 0) is 11.2 Å². The largest absolute Gasteiger partial charge is 0.339 e. The van der Waals surface area contributed by atoms with Gasteiger partial charge in [0.15, 0.2) is 11.6 Å². The van der Waals surface area contributed by atoms with E-state index < -0.39 is 0 Å². The van der Waals surface area contributed by atoms with Crippen molar-refractivity contribution in [2.75, 3.05) is 6.54 Å². The van der Waals surface area contributed by atoms with E-state index in [1.54, 1.807) is 6.92 Å². The van der Waals surface area contributed by atoms with Crippen molar-refractivity contribution in [1.82, 2.24) is 25.2 Å². The Balaban J connectivity index is 1.44. The van der Waals surface area contributed by atoms with Gasteiger partial charge in [-0.2, -0.15) is 9.97 Å². The highest BCUT2D eigenvalue weighted by molar-refractivity contribution is 5.76. The molecule has 1 aromatic carbocycles. The van der Waals surface area contributed by atoms with Gasteiger partial charge < -0.3 is 13.9 Å². The van der Waals surface area contributed by atoms with Crippen molar-refractivity contribution in [2.24, 2.45) is 0 Å². The van der Waals surface area contributed by atoms with Gasteiger partial charge >= 0.3 is 0 Å². The van der Waals surface area contributed by atoms with E-state index in [0.717, 1.165) is 37.8 Å². The van der Waals surface area contributed by atoms with Gasteiger partial charge in [0.25, 0.3) is 5.89 Å². The number of carbonyl (C=O) groups is 1. The molecule has 2 aromatic heterocycles. The van der Waals surface area contributed by atoms with Gasteiger partial charge in [-0.25, -0.2) is 0 Å². The second-order valence-electron chi connectivity index (χ2n) is 7.36. The fraction of sp³-hybridized carbons (Fsp3) is 0.476. The molecule has 29 heavy (non-hydrogen) atoms. The number of aryl methyl sites for hydroxylation is 2. The first-order valence-electron chi connectivity index (χ1n) is 10.2. The van der Waals surface area contributed by atoms with Crippen LogP contribution >= 0.6 is 0 Å². The molecule has 1 aliphatic rings. The SMILES string of the molecule is Cc1noc(CCCC(=O)N2CCCCCC2c2noc(-c3ccccc3)n2)n1. The molecular weight excluding hydrogens is 370 g/mol. The van der Waals surface area contributed by atoms with Crippen LogP contribution in [-0.4, -0.2) is 37.6 Å². The molecule has 1 fully saturated rings. The van der Waals surface area contributed by atoms with Gasteiger partial charge in [-0.15, -0.1) is 0 Å². The lowest BCUT2D eigenvalue weighted by atomic mass is 10.1. The quantitative estimate of drug-likeness (QED) is 0.624. The third kappa shape index (κ3) is 4.70. The summed E-state index contributed by atoms with van der Waals surface area (Å²) in [6.07, 6.45) is 5.70. The Hall–Kier alpha value is -3.03. The molecule has 3 heterocycles. The van der Waals surface area contributed by atoms with Crippen LogP contribution in [0.5, 0.6) is 0 Å². The summed E-state index contributed by atoms with van der Waals surface area (Å²) in [4.78, 5) is 23.7. The first-order valence-corrected chi connectivity index (χ1v) is 10.2. The molecule has 8 heteroatoms. The second kappa shape index (κ2) is 8.98. The smallest absolute Gasteiger partial charge is 0.257 e. The van der Waals surface area contributed by atoms with E-state index in [4.69, 9.17) is 9.05 Å². The minimum Gasteiger partial charge on any atom is -0.339 e. The molecule has 4 rings (SSSR count). The summed E-state index contributed by atoms with van der Waals surface area (Å²) in [5.74, 6) is 2.38. The number of nitrogens with zero attached hydrogens (tertiary/aromatic N) is 5. The van der Waals surface area contributed by atoms with Crippen LogP contribution in [0, 0.1) is 6.92 Å². The van der Waals surface area contributed by atoms with Crippen molar-refractivity contribution in [1.29, 1.82) is 0 Å². The van der Waals surface area contributed by atoms with E-state index in [1.165, 1.54) is 0 Å². The highest BCUT2D eigenvalue weighted by Crippen LogP contribution is 2.30. The Morgan fingerprint density at radius 2 is 1.97 bits per heavy atom. The molecule has 152 valence electrons. The summed E-state index contributed by atoms with van der Waals surface area (Å²) < 4.78 is 10.6. The number of aromatic nitrogens is 4. The van der Waals surface area contributed by atoms with Crippen LogP contribution in [0.2, 0.25) is 0 Å². The molecule has 1 amide bonds. The van der Waals surface area contributed by atoms with E-state index in [0.29, 0.717) is 42.7 Å². The molecule has 0 N–H and O–H groups in total. The maximum absolute atomic E-state index is 13.0. The van der Waals surface area contributed by atoms with Crippen LogP contribution in [0.3, 0.4) is 0 Å². The monoisotopic (exact) mass is 395 g/mol. The molecule has 1 aliphatic heterocycles. The van der Waals surface area contributed by atoms with E-state index in [-0.39, 0.29) is 11.9 Å². The summed E-state index contributed by atoms with van der Waals surface area (Å²) in [7, 11) is 0. The summed E-state index contributed by atoms with van der Waals surface area (Å²) in [5, 5.41) is 8.00. The first-order chi connectivity index (χ1) is 14.2. The van der Waals surface area contributed by atoms with Gasteiger partial charge in [-0.1, -0.05) is 41.4 Å². The Kier molecular flexibility index (Phi) is 5.97. The van der Waals surface area contributed by atoms with E-state index in [2.05, 4.69) is 20.3 Å². The normalized spacial score (nSPS) is 17.3. The van der Waals surface area contributed by atoms with Gasteiger partial charge in [-0.3, -0.25) is 4.79 Å². The Morgan fingerprint density at radius 1 is 1.10 bits per heavy atom. The van der Waals surface area contributed by atoms with Crippen LogP contribution in [0.25, 0.3) is 11.5 Å². The maximum Gasteiger partial charge on any atom is 0.257 e. The van der Waals surface area contributed by atoms with Gasteiger partial charge in [0.2, 0.25) is 11.8 Å². The van der Waals surface area contributed by atoms with Crippen molar-refractivity contribution in [3.8, 4) is 11.5 Å². The first kappa shape index (κ1) is 19.3. The average Bonchev–Trinajstić information content (AvgIpc) is 3.31. The fourth-order valence-corrected chi connectivity index (χ4v) is 3.72. The fourth-order valence-electron chi connectivity index (χ4n) is 3.72. The lowest BCUT2D eigenvalue weighted by Gasteiger charge is -2.27. The molecule has 0 bridgehead atoms. The highest BCUT2D eigenvalue weighted by atomic mass is 16.5. The van der Waals surface area contributed by atoms with Crippen molar-refractivity contribution in [3.63, 3.8) is 0 Å². The van der Waals surface area contributed by atoms with Crippen LogP contribution in [0.1, 0.15) is 62.1 Å². The summed E-state index contributed by atoms with van der Waals surface area (Å²) >= 11 is 0. The Labute approximate surface area is 169 Å². The molecule has 8 nitrogen and oxygen atoms in total. The molecule has 0 saturated carbocycles. The zero-order valence-corrected chi connectivity index (χ0v) is 16.6. The number of amides is 1. The van der Waals surface area contributed by atoms with Crippen molar-refractivity contribution >= 4 is 5.91 Å². The molecule has 0 radical (unpaired) electrons. The van der Waals surface area contributed by atoms with Crippen LogP contribution in [0.4, 0.5) is 0 Å². The van der Waals surface area contributed by atoms with Gasteiger partial charge in [0.05, 0.1) is 6.04 Å². The van der Waals surface area contributed by atoms with E-state index >= 15 is 0 Å². The molecule has 0 spiro atoms. The number of carbonyl (C=O) groups excluding carboxylic acids is 1. The lowest BCUT2D eigenvalue weighted by molar-refractivity contribution is -0.134. The Bertz CT molecular complexity index is 937.